The zero-order chi connectivity index (χ0) is 12.4. The summed E-state index contributed by atoms with van der Waals surface area (Å²) in [5.74, 6) is 0.887. The monoisotopic (exact) mass is 234 g/mol. The minimum atomic E-state index is -0.00450. The van der Waals surface area contributed by atoms with Crippen LogP contribution in [0.15, 0.2) is 18.2 Å². The normalized spacial score (nSPS) is 14.5. The Hall–Kier alpha value is -1.55. The molecule has 1 amide bonds. The molecule has 2 N–H and O–H groups in total. The number of anilines is 1. The van der Waals surface area contributed by atoms with Gasteiger partial charge in [-0.05, 0) is 17.7 Å². The molecule has 4 heteroatoms. The Morgan fingerprint density at radius 1 is 1.53 bits per heavy atom. The average Bonchev–Trinajstić information content (AvgIpc) is 2.36. The Morgan fingerprint density at radius 3 is 2.94 bits per heavy atom. The smallest absolute Gasteiger partial charge is 0.229 e. The predicted octanol–water partition coefficient (Wildman–Crippen LogP) is 1.53. The van der Waals surface area contributed by atoms with Crippen LogP contribution < -0.4 is 15.4 Å². The van der Waals surface area contributed by atoms with Crippen molar-refractivity contribution in [3.8, 4) is 5.75 Å². The van der Waals surface area contributed by atoms with E-state index in [1.807, 2.05) is 32.0 Å². The summed E-state index contributed by atoms with van der Waals surface area (Å²) in [5, 5.41) is 0. The van der Waals surface area contributed by atoms with Gasteiger partial charge in [0, 0.05) is 12.5 Å². The minimum absolute atomic E-state index is 0.00450. The van der Waals surface area contributed by atoms with Crippen molar-refractivity contribution in [3.05, 3.63) is 23.8 Å². The molecule has 1 aromatic rings. The molecule has 0 atom stereocenters. The summed E-state index contributed by atoms with van der Waals surface area (Å²) in [6.45, 7) is 5.46. The SMILES string of the molecule is CC(C)C(=O)N1CCOc2cc(CN)ccc21. The Bertz CT molecular complexity index is 429. The molecule has 17 heavy (non-hydrogen) atoms. The van der Waals surface area contributed by atoms with Crippen molar-refractivity contribution in [2.24, 2.45) is 11.7 Å². The zero-order valence-electron chi connectivity index (χ0n) is 10.3. The third kappa shape index (κ3) is 2.26. The second kappa shape index (κ2) is 4.75. The first-order chi connectivity index (χ1) is 8.13. The Morgan fingerprint density at radius 2 is 2.29 bits per heavy atom. The van der Waals surface area contributed by atoms with Crippen LogP contribution >= 0.6 is 0 Å². The summed E-state index contributed by atoms with van der Waals surface area (Å²) in [7, 11) is 0. The third-order valence-electron chi connectivity index (χ3n) is 2.88. The lowest BCUT2D eigenvalue weighted by atomic mass is 10.1. The molecule has 1 heterocycles. The lowest BCUT2D eigenvalue weighted by Crippen LogP contribution is -2.40. The lowest BCUT2D eigenvalue weighted by Gasteiger charge is -2.31. The van der Waals surface area contributed by atoms with Crippen LogP contribution in [0.3, 0.4) is 0 Å². The Labute approximate surface area is 101 Å². The highest BCUT2D eigenvalue weighted by Gasteiger charge is 2.25. The molecule has 0 saturated heterocycles. The molecule has 0 unspecified atom stereocenters. The van der Waals surface area contributed by atoms with Crippen LogP contribution in [0.25, 0.3) is 0 Å². The van der Waals surface area contributed by atoms with E-state index in [0.717, 1.165) is 17.0 Å². The molecule has 1 aromatic carbocycles. The predicted molar refractivity (Wildman–Crippen MR) is 67.0 cm³/mol. The molecular formula is C13H18N2O2. The summed E-state index contributed by atoms with van der Waals surface area (Å²) in [5.41, 5.74) is 7.46. The van der Waals surface area contributed by atoms with Gasteiger partial charge in [-0.15, -0.1) is 0 Å². The second-order valence-electron chi connectivity index (χ2n) is 4.50. The van der Waals surface area contributed by atoms with Gasteiger partial charge in [0.15, 0.2) is 0 Å². The summed E-state index contributed by atoms with van der Waals surface area (Å²) >= 11 is 0. The zero-order valence-corrected chi connectivity index (χ0v) is 10.3. The van der Waals surface area contributed by atoms with Gasteiger partial charge in [0.2, 0.25) is 5.91 Å². The Balaban J connectivity index is 2.35. The highest BCUT2D eigenvalue weighted by molar-refractivity contribution is 5.96. The van der Waals surface area contributed by atoms with Crippen molar-refractivity contribution >= 4 is 11.6 Å². The first-order valence-corrected chi connectivity index (χ1v) is 5.90. The van der Waals surface area contributed by atoms with E-state index in [4.69, 9.17) is 10.5 Å². The fraction of sp³-hybridized carbons (Fsp3) is 0.462. The molecule has 1 aliphatic heterocycles. The minimum Gasteiger partial charge on any atom is -0.490 e. The fourth-order valence-corrected chi connectivity index (χ4v) is 1.93. The van der Waals surface area contributed by atoms with E-state index in [0.29, 0.717) is 19.7 Å². The van der Waals surface area contributed by atoms with E-state index in [1.54, 1.807) is 4.90 Å². The molecule has 0 aromatic heterocycles. The maximum atomic E-state index is 12.1. The van der Waals surface area contributed by atoms with Crippen LogP contribution in [0.4, 0.5) is 5.69 Å². The van der Waals surface area contributed by atoms with E-state index in [-0.39, 0.29) is 11.8 Å². The van der Waals surface area contributed by atoms with Crippen molar-refractivity contribution < 1.29 is 9.53 Å². The van der Waals surface area contributed by atoms with Crippen molar-refractivity contribution in [2.75, 3.05) is 18.1 Å². The summed E-state index contributed by atoms with van der Waals surface area (Å²) in [6, 6.07) is 5.76. The molecule has 0 radical (unpaired) electrons. The third-order valence-corrected chi connectivity index (χ3v) is 2.88. The van der Waals surface area contributed by atoms with E-state index in [9.17, 15) is 4.79 Å². The van der Waals surface area contributed by atoms with Crippen LogP contribution in [0, 0.1) is 5.92 Å². The molecule has 4 nitrogen and oxygen atoms in total. The van der Waals surface area contributed by atoms with Crippen molar-refractivity contribution in [1.82, 2.24) is 0 Å². The van der Waals surface area contributed by atoms with E-state index < -0.39 is 0 Å². The molecule has 2 rings (SSSR count). The number of hydrogen-bond acceptors (Lipinski definition) is 3. The van der Waals surface area contributed by atoms with E-state index >= 15 is 0 Å². The van der Waals surface area contributed by atoms with Crippen LogP contribution in [-0.2, 0) is 11.3 Å². The lowest BCUT2D eigenvalue weighted by molar-refractivity contribution is -0.121. The summed E-state index contributed by atoms with van der Waals surface area (Å²) in [4.78, 5) is 13.9. The molecule has 0 spiro atoms. The second-order valence-corrected chi connectivity index (χ2v) is 4.50. The van der Waals surface area contributed by atoms with Gasteiger partial charge in [-0.3, -0.25) is 4.79 Å². The number of nitrogens with zero attached hydrogens (tertiary/aromatic N) is 1. The molecule has 0 saturated carbocycles. The van der Waals surface area contributed by atoms with Gasteiger partial charge in [0.1, 0.15) is 12.4 Å². The van der Waals surface area contributed by atoms with Crippen molar-refractivity contribution in [1.29, 1.82) is 0 Å². The van der Waals surface area contributed by atoms with Gasteiger partial charge >= 0.3 is 0 Å². The van der Waals surface area contributed by atoms with Crippen molar-refractivity contribution in [3.63, 3.8) is 0 Å². The number of hydrogen-bond donors (Lipinski definition) is 1. The number of amides is 1. The fourth-order valence-electron chi connectivity index (χ4n) is 1.93. The maximum Gasteiger partial charge on any atom is 0.229 e. The molecule has 92 valence electrons. The largest absolute Gasteiger partial charge is 0.490 e. The standard InChI is InChI=1S/C13H18N2O2/c1-9(2)13(16)15-5-6-17-12-7-10(8-14)3-4-11(12)15/h3-4,7,9H,5-6,8,14H2,1-2H3. The Kier molecular flexibility index (Phi) is 3.33. The van der Waals surface area contributed by atoms with E-state index in [2.05, 4.69) is 0 Å². The van der Waals surface area contributed by atoms with Gasteiger partial charge < -0.3 is 15.4 Å². The number of fused-ring (bicyclic) bond motifs is 1. The topological polar surface area (TPSA) is 55.6 Å². The van der Waals surface area contributed by atoms with Crippen LogP contribution in [0.5, 0.6) is 5.75 Å². The van der Waals surface area contributed by atoms with Crippen LogP contribution in [0.1, 0.15) is 19.4 Å². The van der Waals surface area contributed by atoms with E-state index in [1.165, 1.54) is 0 Å². The highest BCUT2D eigenvalue weighted by Crippen LogP contribution is 2.33. The number of carbonyl (C=O) groups excluding carboxylic acids is 1. The number of rotatable bonds is 2. The molecular weight excluding hydrogens is 216 g/mol. The van der Waals surface area contributed by atoms with Crippen LogP contribution in [-0.4, -0.2) is 19.1 Å². The molecule has 0 fully saturated rings. The highest BCUT2D eigenvalue weighted by atomic mass is 16.5. The van der Waals surface area contributed by atoms with Gasteiger partial charge in [-0.1, -0.05) is 19.9 Å². The number of nitrogens with two attached hydrogens (primary N) is 1. The van der Waals surface area contributed by atoms with Crippen molar-refractivity contribution in [2.45, 2.75) is 20.4 Å². The number of ether oxygens (including phenoxy) is 1. The molecule has 0 aliphatic carbocycles. The van der Waals surface area contributed by atoms with Gasteiger partial charge in [-0.2, -0.15) is 0 Å². The number of carbonyl (C=O) groups is 1. The van der Waals surface area contributed by atoms with Crippen LogP contribution in [0.2, 0.25) is 0 Å². The van der Waals surface area contributed by atoms with Gasteiger partial charge in [0.25, 0.3) is 0 Å². The quantitative estimate of drug-likeness (QED) is 0.844. The summed E-state index contributed by atoms with van der Waals surface area (Å²) < 4.78 is 5.58. The first kappa shape index (κ1) is 11.9. The molecule has 0 bridgehead atoms. The maximum absolute atomic E-state index is 12.1. The first-order valence-electron chi connectivity index (χ1n) is 5.90. The van der Waals surface area contributed by atoms with Gasteiger partial charge in [-0.25, -0.2) is 0 Å². The number of benzene rings is 1. The van der Waals surface area contributed by atoms with Gasteiger partial charge in [0.05, 0.1) is 12.2 Å². The average molecular weight is 234 g/mol. The summed E-state index contributed by atoms with van der Waals surface area (Å²) in [6.07, 6.45) is 0. The molecule has 1 aliphatic rings.